The summed E-state index contributed by atoms with van der Waals surface area (Å²) in [6, 6.07) is 0. The van der Waals surface area contributed by atoms with Gasteiger partial charge in [0.05, 0.1) is 34.0 Å². The molecule has 8 nitrogen and oxygen atoms in total. The van der Waals surface area contributed by atoms with Crippen LogP contribution < -0.4 is 4.89 Å². The molecule has 0 heterocycles. The maximum absolute atomic E-state index is 12.7. The number of phosphoric acid groups is 1. The number of rotatable bonds is 40. The first kappa shape index (κ1) is 54.5. The number of phosphoric ester groups is 1. The van der Waals surface area contributed by atoms with Crippen molar-refractivity contribution in [3.05, 3.63) is 85.3 Å². The highest BCUT2D eigenvalue weighted by atomic mass is 31.2. The van der Waals surface area contributed by atoms with Crippen LogP contribution in [0.2, 0.25) is 0 Å². The average molecular weight is 818 g/mol. The van der Waals surface area contributed by atoms with Crippen LogP contribution in [0.3, 0.4) is 0 Å². The summed E-state index contributed by atoms with van der Waals surface area (Å²) in [5.41, 5.74) is 0. The van der Waals surface area contributed by atoms with Crippen LogP contribution in [0, 0.1) is 0 Å². The number of ether oxygens (including phenoxy) is 2. The Morgan fingerprint density at radius 1 is 0.579 bits per heavy atom. The highest BCUT2D eigenvalue weighted by Crippen LogP contribution is 2.38. The Hall–Kier alpha value is -2.48. The number of hydrogen-bond acceptors (Lipinski definition) is 7. The van der Waals surface area contributed by atoms with Crippen molar-refractivity contribution >= 4 is 13.8 Å². The predicted octanol–water partition coefficient (Wildman–Crippen LogP) is 13.0. The molecular weight excluding hydrogens is 734 g/mol. The first-order chi connectivity index (χ1) is 27.6. The summed E-state index contributed by atoms with van der Waals surface area (Å²) in [5.74, 6) is -0.392. The Bertz CT molecular complexity index is 1180. The van der Waals surface area contributed by atoms with Crippen LogP contribution in [0.5, 0.6) is 0 Å². The summed E-state index contributed by atoms with van der Waals surface area (Å²) in [6.07, 6.45) is 54.0. The van der Waals surface area contributed by atoms with Gasteiger partial charge in [-0.2, -0.15) is 0 Å². The molecule has 9 heteroatoms. The van der Waals surface area contributed by atoms with Gasteiger partial charge in [0.1, 0.15) is 19.8 Å². The molecule has 0 amide bonds. The van der Waals surface area contributed by atoms with Crippen molar-refractivity contribution in [2.75, 3.05) is 47.5 Å². The van der Waals surface area contributed by atoms with E-state index in [9.17, 15) is 14.3 Å². The zero-order valence-electron chi connectivity index (χ0n) is 37.0. The molecule has 0 spiro atoms. The third-order valence-electron chi connectivity index (χ3n) is 8.99. The topological polar surface area (TPSA) is 94.1 Å². The van der Waals surface area contributed by atoms with Gasteiger partial charge in [-0.25, -0.2) is 0 Å². The highest BCUT2D eigenvalue weighted by Gasteiger charge is 2.20. The summed E-state index contributed by atoms with van der Waals surface area (Å²) < 4.78 is 34.3. The molecule has 0 fully saturated rings. The maximum Gasteiger partial charge on any atom is 0.306 e. The Labute approximate surface area is 350 Å². The van der Waals surface area contributed by atoms with Crippen molar-refractivity contribution in [3.8, 4) is 0 Å². The van der Waals surface area contributed by atoms with Crippen molar-refractivity contribution in [1.82, 2.24) is 0 Å². The number of quaternary nitrogens is 1. The van der Waals surface area contributed by atoms with Gasteiger partial charge < -0.3 is 27.9 Å². The van der Waals surface area contributed by atoms with Gasteiger partial charge in [-0.3, -0.25) is 9.36 Å². The summed E-state index contributed by atoms with van der Waals surface area (Å²) in [5, 5.41) is 0. The first-order valence-corrected chi connectivity index (χ1v) is 23.8. The first-order valence-electron chi connectivity index (χ1n) is 22.4. The maximum atomic E-state index is 12.7. The molecule has 0 aromatic carbocycles. The zero-order chi connectivity index (χ0) is 42.0. The number of carbonyl (C=O) groups excluding carboxylic acids is 1. The van der Waals surface area contributed by atoms with Gasteiger partial charge in [0.2, 0.25) is 0 Å². The van der Waals surface area contributed by atoms with Crippen LogP contribution >= 0.6 is 7.82 Å². The third-order valence-corrected chi connectivity index (χ3v) is 9.96. The van der Waals surface area contributed by atoms with E-state index in [1.807, 2.05) is 27.2 Å². The van der Waals surface area contributed by atoms with E-state index in [2.05, 4.69) is 86.8 Å². The van der Waals surface area contributed by atoms with Gasteiger partial charge >= 0.3 is 5.97 Å². The fourth-order valence-electron chi connectivity index (χ4n) is 5.53. The van der Waals surface area contributed by atoms with E-state index in [1.54, 1.807) is 6.26 Å². The number of nitrogens with zero attached hydrogens (tertiary/aromatic N) is 1. The SMILES string of the molecule is CC/C=C\C/C=C\C/C=C\C/C=C\C/C=C\CCCCCC(=O)O[C@H](CO/C=C\CCCCCCCC/C=C\CCCCCC)COP(=O)([O-])OCC[N+](C)(C)C. The summed E-state index contributed by atoms with van der Waals surface area (Å²) in [7, 11) is 1.28. The Kier molecular flexibility index (Phi) is 38.6. The van der Waals surface area contributed by atoms with Gasteiger partial charge in [-0.15, -0.1) is 0 Å². The van der Waals surface area contributed by atoms with Gasteiger partial charge in [-0.05, 0) is 96.0 Å². The number of unbranched alkanes of at least 4 members (excludes halogenated alkanes) is 14. The fourth-order valence-corrected chi connectivity index (χ4v) is 6.26. The molecule has 328 valence electrons. The summed E-state index contributed by atoms with van der Waals surface area (Å²) in [4.78, 5) is 25.0. The zero-order valence-corrected chi connectivity index (χ0v) is 37.9. The van der Waals surface area contributed by atoms with Crippen molar-refractivity contribution in [3.63, 3.8) is 0 Å². The molecule has 0 aromatic heterocycles. The van der Waals surface area contributed by atoms with Gasteiger partial charge in [0.15, 0.2) is 6.10 Å². The van der Waals surface area contributed by atoms with Crippen molar-refractivity contribution in [2.24, 2.45) is 0 Å². The Morgan fingerprint density at radius 3 is 1.56 bits per heavy atom. The van der Waals surface area contributed by atoms with E-state index >= 15 is 0 Å². The molecule has 0 aliphatic heterocycles. The monoisotopic (exact) mass is 818 g/mol. The third kappa shape index (κ3) is 44.5. The molecule has 0 saturated carbocycles. The lowest BCUT2D eigenvalue weighted by Gasteiger charge is -2.28. The van der Waals surface area contributed by atoms with Crippen molar-refractivity contribution in [1.29, 1.82) is 0 Å². The number of carbonyl (C=O) groups is 1. The van der Waals surface area contributed by atoms with E-state index in [0.29, 0.717) is 17.4 Å². The quantitative estimate of drug-likeness (QED) is 0.0152. The number of hydrogen-bond donors (Lipinski definition) is 0. The molecule has 0 radical (unpaired) electrons. The van der Waals surface area contributed by atoms with Crippen molar-refractivity contribution in [2.45, 2.75) is 168 Å². The van der Waals surface area contributed by atoms with Crippen LogP contribution in [0.25, 0.3) is 0 Å². The molecule has 0 aromatic rings. The number of allylic oxidation sites excluding steroid dienone is 13. The van der Waals surface area contributed by atoms with E-state index in [-0.39, 0.29) is 26.2 Å². The number of esters is 1. The normalized spacial score (nSPS) is 14.5. The van der Waals surface area contributed by atoms with E-state index in [4.69, 9.17) is 18.5 Å². The molecule has 0 N–H and O–H groups in total. The van der Waals surface area contributed by atoms with Gasteiger partial charge in [0, 0.05) is 6.42 Å². The standard InChI is InChI=1S/C48H84NO7P/c1-6-8-10-12-14-16-18-20-22-24-25-26-27-29-31-33-35-37-39-41-48(50)56-47(46-55-57(51,52)54-44-42-49(3,4)5)45-53-43-40-38-36-34-32-30-28-23-21-19-17-15-13-11-9-7-2/h8,10,14,16-17,19-20,22,25-26,29,31,40,43,47H,6-7,9,11-13,15,18,21,23-24,27-28,30,32-39,41-42,44-46H2,1-5H3/b10-8-,16-14-,19-17-,22-20-,26-25-,31-29-,43-40-/t47-/m1/s1. The molecule has 0 aliphatic rings. The van der Waals surface area contributed by atoms with Crippen LogP contribution in [0.4, 0.5) is 0 Å². The molecular formula is C48H84NO7P. The van der Waals surface area contributed by atoms with E-state index < -0.39 is 19.9 Å². The smallest absolute Gasteiger partial charge is 0.306 e. The van der Waals surface area contributed by atoms with Gasteiger partial charge in [-0.1, -0.05) is 138 Å². The molecule has 1 unspecified atom stereocenters. The molecule has 0 aliphatic carbocycles. The van der Waals surface area contributed by atoms with Gasteiger partial charge in [0.25, 0.3) is 7.82 Å². The second kappa shape index (κ2) is 40.3. The molecule has 0 rings (SSSR count). The fraction of sp³-hybridized carbons (Fsp3) is 0.688. The van der Waals surface area contributed by atoms with Crippen LogP contribution in [-0.2, 0) is 27.9 Å². The Morgan fingerprint density at radius 2 is 1.04 bits per heavy atom. The summed E-state index contributed by atoms with van der Waals surface area (Å²) in [6.45, 7) is 4.54. The lowest BCUT2D eigenvalue weighted by atomic mass is 10.1. The highest BCUT2D eigenvalue weighted by molar-refractivity contribution is 7.45. The molecule has 2 atom stereocenters. The second-order valence-electron chi connectivity index (χ2n) is 15.7. The van der Waals surface area contributed by atoms with Crippen LogP contribution in [-0.4, -0.2) is 64.1 Å². The lowest BCUT2D eigenvalue weighted by Crippen LogP contribution is -2.37. The largest absolute Gasteiger partial charge is 0.756 e. The van der Waals surface area contributed by atoms with E-state index in [1.165, 1.54) is 70.6 Å². The second-order valence-corrected chi connectivity index (χ2v) is 17.1. The molecule has 0 bridgehead atoms. The number of likely N-dealkylation sites (N-methyl/N-ethyl adjacent to an activating group) is 1. The lowest BCUT2D eigenvalue weighted by molar-refractivity contribution is -0.870. The Balaban J connectivity index is 4.38. The minimum Gasteiger partial charge on any atom is -0.756 e. The summed E-state index contributed by atoms with van der Waals surface area (Å²) >= 11 is 0. The minimum atomic E-state index is -4.56. The predicted molar refractivity (Wildman–Crippen MR) is 240 cm³/mol. The minimum absolute atomic E-state index is 0.00161. The van der Waals surface area contributed by atoms with Crippen LogP contribution in [0.1, 0.15) is 162 Å². The van der Waals surface area contributed by atoms with Crippen LogP contribution in [0.15, 0.2) is 85.3 Å². The average Bonchev–Trinajstić information content (AvgIpc) is 3.16. The molecule has 0 saturated heterocycles. The molecule has 57 heavy (non-hydrogen) atoms. The van der Waals surface area contributed by atoms with E-state index in [0.717, 1.165) is 64.2 Å². The van der Waals surface area contributed by atoms with Crippen molar-refractivity contribution < 1.29 is 37.3 Å².